The second kappa shape index (κ2) is 6.57. The molecular formula is C16H19FN2O2. The molecule has 0 bridgehead atoms. The number of halogens is 1. The molecule has 0 atom stereocenters. The number of carboxylic acids is 1. The highest BCUT2D eigenvalue weighted by molar-refractivity contribution is 5.75. The molecule has 0 aromatic heterocycles. The van der Waals surface area contributed by atoms with E-state index in [0.29, 0.717) is 12.8 Å². The van der Waals surface area contributed by atoms with Crippen molar-refractivity contribution in [3.05, 3.63) is 29.6 Å². The number of aliphatic carboxylic acids is 1. The Hall–Kier alpha value is -2.09. The summed E-state index contributed by atoms with van der Waals surface area (Å²) in [7, 11) is 0. The lowest BCUT2D eigenvalue weighted by Crippen LogP contribution is -2.37. The number of carboxylic acid groups (broad SMARTS) is 1. The minimum atomic E-state index is -0.823. The molecule has 0 unspecified atom stereocenters. The molecule has 0 radical (unpaired) electrons. The summed E-state index contributed by atoms with van der Waals surface area (Å²) >= 11 is 0. The van der Waals surface area contributed by atoms with Gasteiger partial charge in [0.2, 0.25) is 0 Å². The van der Waals surface area contributed by atoms with Gasteiger partial charge in [-0.25, -0.2) is 4.39 Å². The van der Waals surface area contributed by atoms with Crippen molar-refractivity contribution in [1.82, 2.24) is 0 Å². The third-order valence-corrected chi connectivity index (χ3v) is 4.23. The molecule has 0 spiro atoms. The van der Waals surface area contributed by atoms with Crippen molar-refractivity contribution in [3.63, 3.8) is 0 Å². The van der Waals surface area contributed by atoms with E-state index in [2.05, 4.69) is 5.32 Å². The molecule has 4 nitrogen and oxygen atoms in total. The Bertz CT molecular complexity index is 558. The Kier molecular flexibility index (Phi) is 4.79. The summed E-state index contributed by atoms with van der Waals surface area (Å²) in [5, 5.41) is 21.2. The first-order valence-electron chi connectivity index (χ1n) is 7.24. The van der Waals surface area contributed by atoms with E-state index >= 15 is 0 Å². The van der Waals surface area contributed by atoms with Gasteiger partial charge in [-0.3, -0.25) is 4.79 Å². The van der Waals surface area contributed by atoms with E-state index < -0.39 is 17.2 Å². The van der Waals surface area contributed by atoms with Gasteiger partial charge in [0.1, 0.15) is 5.82 Å². The fraction of sp³-hybridized carbons (Fsp3) is 0.500. The van der Waals surface area contributed by atoms with Crippen molar-refractivity contribution in [2.45, 2.75) is 38.5 Å². The lowest BCUT2D eigenvalue weighted by atomic mass is 9.80. The molecule has 1 aromatic carbocycles. The zero-order chi connectivity index (χ0) is 15.3. The molecule has 1 aliphatic carbocycles. The van der Waals surface area contributed by atoms with Gasteiger partial charge in [0.25, 0.3) is 0 Å². The first-order valence-corrected chi connectivity index (χ1v) is 7.24. The predicted molar refractivity (Wildman–Crippen MR) is 77.4 cm³/mol. The summed E-state index contributed by atoms with van der Waals surface area (Å²) in [6.45, 7) is 0.213. The van der Waals surface area contributed by atoms with Crippen LogP contribution >= 0.6 is 0 Å². The summed E-state index contributed by atoms with van der Waals surface area (Å²) in [5.41, 5.74) is -0.323. The molecule has 0 heterocycles. The van der Waals surface area contributed by atoms with Gasteiger partial charge in [0, 0.05) is 6.54 Å². The van der Waals surface area contributed by atoms with Crippen molar-refractivity contribution in [1.29, 1.82) is 5.26 Å². The second-order valence-corrected chi connectivity index (χ2v) is 5.66. The maximum absolute atomic E-state index is 13.8. The standard InChI is InChI=1S/C16H19FN2O2/c17-13-9-12(10-18)5-6-14(13)19-11-16(15(20)21)7-3-1-2-4-8-16/h5-6,9,19H,1-4,7-8,11H2,(H,20,21). The van der Waals surface area contributed by atoms with Crippen molar-refractivity contribution >= 4 is 11.7 Å². The largest absolute Gasteiger partial charge is 0.481 e. The fourth-order valence-electron chi connectivity index (χ4n) is 2.86. The van der Waals surface area contributed by atoms with Gasteiger partial charge in [-0.15, -0.1) is 0 Å². The molecule has 5 heteroatoms. The molecule has 0 saturated heterocycles. The van der Waals surface area contributed by atoms with Gasteiger partial charge in [-0.1, -0.05) is 25.7 Å². The van der Waals surface area contributed by atoms with E-state index in [-0.39, 0.29) is 17.8 Å². The van der Waals surface area contributed by atoms with Crippen LogP contribution in [-0.4, -0.2) is 17.6 Å². The van der Waals surface area contributed by atoms with Gasteiger partial charge in [0.15, 0.2) is 0 Å². The minimum absolute atomic E-state index is 0.213. The predicted octanol–water partition coefficient (Wildman–Crippen LogP) is 3.53. The van der Waals surface area contributed by atoms with Gasteiger partial charge in [0.05, 0.1) is 22.7 Å². The smallest absolute Gasteiger partial charge is 0.311 e. The van der Waals surface area contributed by atoms with E-state index in [9.17, 15) is 14.3 Å². The molecule has 2 rings (SSSR count). The maximum atomic E-state index is 13.8. The number of hydrogen-bond acceptors (Lipinski definition) is 3. The summed E-state index contributed by atoms with van der Waals surface area (Å²) < 4.78 is 13.8. The molecule has 0 aliphatic heterocycles. The van der Waals surface area contributed by atoms with Crippen LogP contribution in [-0.2, 0) is 4.79 Å². The average molecular weight is 290 g/mol. The van der Waals surface area contributed by atoms with Gasteiger partial charge in [-0.05, 0) is 31.0 Å². The number of nitrogens with zero attached hydrogens (tertiary/aromatic N) is 1. The van der Waals surface area contributed by atoms with Crippen LogP contribution < -0.4 is 5.32 Å². The van der Waals surface area contributed by atoms with E-state index in [4.69, 9.17) is 5.26 Å². The summed E-state index contributed by atoms with van der Waals surface area (Å²) in [5.74, 6) is -1.34. The van der Waals surface area contributed by atoms with Crippen molar-refractivity contribution in [2.75, 3.05) is 11.9 Å². The Morgan fingerprint density at radius 2 is 2.00 bits per heavy atom. The lowest BCUT2D eigenvalue weighted by molar-refractivity contribution is -0.149. The maximum Gasteiger partial charge on any atom is 0.311 e. The number of anilines is 1. The molecular weight excluding hydrogens is 271 g/mol. The number of carbonyl (C=O) groups is 1. The van der Waals surface area contributed by atoms with Crippen LogP contribution in [0.25, 0.3) is 0 Å². The van der Waals surface area contributed by atoms with Crippen LogP contribution in [0.15, 0.2) is 18.2 Å². The van der Waals surface area contributed by atoms with Crippen molar-refractivity contribution < 1.29 is 14.3 Å². The van der Waals surface area contributed by atoms with Crippen LogP contribution in [0.5, 0.6) is 0 Å². The minimum Gasteiger partial charge on any atom is -0.481 e. The Labute approximate surface area is 123 Å². The van der Waals surface area contributed by atoms with E-state index in [1.54, 1.807) is 0 Å². The topological polar surface area (TPSA) is 73.1 Å². The van der Waals surface area contributed by atoms with Crippen LogP contribution in [0.1, 0.15) is 44.1 Å². The van der Waals surface area contributed by atoms with Gasteiger partial charge >= 0.3 is 5.97 Å². The Morgan fingerprint density at radius 3 is 2.52 bits per heavy atom. The highest BCUT2D eigenvalue weighted by Crippen LogP contribution is 2.36. The van der Waals surface area contributed by atoms with Crippen molar-refractivity contribution in [2.24, 2.45) is 5.41 Å². The molecule has 1 aromatic rings. The first kappa shape index (κ1) is 15.3. The normalized spacial score (nSPS) is 17.5. The molecule has 1 fully saturated rings. The zero-order valence-electron chi connectivity index (χ0n) is 11.9. The van der Waals surface area contributed by atoms with E-state index in [0.717, 1.165) is 31.7 Å². The quantitative estimate of drug-likeness (QED) is 0.832. The van der Waals surface area contributed by atoms with E-state index in [1.807, 2.05) is 6.07 Å². The summed E-state index contributed by atoms with van der Waals surface area (Å²) in [4.78, 5) is 11.7. The van der Waals surface area contributed by atoms with Crippen LogP contribution in [0.2, 0.25) is 0 Å². The molecule has 112 valence electrons. The second-order valence-electron chi connectivity index (χ2n) is 5.66. The van der Waals surface area contributed by atoms with Crippen LogP contribution in [0, 0.1) is 22.6 Å². The monoisotopic (exact) mass is 290 g/mol. The third-order valence-electron chi connectivity index (χ3n) is 4.23. The van der Waals surface area contributed by atoms with Gasteiger partial charge < -0.3 is 10.4 Å². The third kappa shape index (κ3) is 3.52. The molecule has 1 saturated carbocycles. The number of benzene rings is 1. The lowest BCUT2D eigenvalue weighted by Gasteiger charge is -2.28. The molecule has 21 heavy (non-hydrogen) atoms. The van der Waals surface area contributed by atoms with Crippen LogP contribution in [0.4, 0.5) is 10.1 Å². The number of nitrogens with one attached hydrogen (secondary N) is 1. The summed E-state index contributed by atoms with van der Waals surface area (Å²) in [6, 6.07) is 6.03. The molecule has 2 N–H and O–H groups in total. The average Bonchev–Trinajstić information content (AvgIpc) is 2.72. The number of rotatable bonds is 4. The Morgan fingerprint density at radius 1 is 1.33 bits per heavy atom. The number of nitriles is 1. The van der Waals surface area contributed by atoms with Gasteiger partial charge in [-0.2, -0.15) is 5.26 Å². The SMILES string of the molecule is N#Cc1ccc(NCC2(C(=O)O)CCCCCC2)c(F)c1. The Balaban J connectivity index is 2.12. The van der Waals surface area contributed by atoms with Crippen LogP contribution in [0.3, 0.4) is 0 Å². The first-order chi connectivity index (χ1) is 10.1. The number of hydrogen-bond donors (Lipinski definition) is 2. The van der Waals surface area contributed by atoms with Crippen molar-refractivity contribution in [3.8, 4) is 6.07 Å². The fourth-order valence-corrected chi connectivity index (χ4v) is 2.86. The zero-order valence-corrected chi connectivity index (χ0v) is 11.9. The summed E-state index contributed by atoms with van der Waals surface area (Å²) in [6.07, 6.45) is 5.13. The highest BCUT2D eigenvalue weighted by Gasteiger charge is 2.38. The van der Waals surface area contributed by atoms with E-state index in [1.165, 1.54) is 12.1 Å². The molecule has 1 aliphatic rings. The highest BCUT2D eigenvalue weighted by atomic mass is 19.1. The molecule has 0 amide bonds.